The zero-order chi connectivity index (χ0) is 14.5. The Kier molecular flexibility index (Phi) is 4.86. The van der Waals surface area contributed by atoms with Crippen molar-refractivity contribution in [3.05, 3.63) is 40.1 Å². The fourth-order valence-corrected chi connectivity index (χ4v) is 1.99. The number of aromatic nitrogens is 3. The number of carbonyl (C=O) groups is 1. The molecule has 0 aliphatic carbocycles. The van der Waals surface area contributed by atoms with E-state index in [1.807, 2.05) is 32.2 Å². The van der Waals surface area contributed by atoms with Gasteiger partial charge < -0.3 is 10.6 Å². The van der Waals surface area contributed by atoms with E-state index in [9.17, 15) is 4.79 Å². The van der Waals surface area contributed by atoms with Gasteiger partial charge in [0, 0.05) is 16.7 Å². The Labute approximate surface area is 125 Å². The molecule has 1 amide bonds. The molecule has 0 fully saturated rings. The van der Waals surface area contributed by atoms with Gasteiger partial charge in [0.25, 0.3) is 0 Å². The molecule has 7 heteroatoms. The molecule has 1 aromatic heterocycles. The van der Waals surface area contributed by atoms with Crippen LogP contribution in [0, 0.1) is 6.92 Å². The Bertz CT molecular complexity index is 611. The first-order valence-electron chi connectivity index (χ1n) is 6.18. The van der Waals surface area contributed by atoms with E-state index in [-0.39, 0.29) is 12.5 Å². The first-order chi connectivity index (χ1) is 9.58. The maximum atomic E-state index is 11.9. The molecule has 6 nitrogen and oxygen atoms in total. The van der Waals surface area contributed by atoms with E-state index >= 15 is 0 Å². The van der Waals surface area contributed by atoms with Crippen LogP contribution in [0.4, 0.5) is 5.69 Å². The summed E-state index contributed by atoms with van der Waals surface area (Å²) in [6.07, 6.45) is 1.75. The van der Waals surface area contributed by atoms with Crippen LogP contribution in [0.3, 0.4) is 0 Å². The molecule has 0 saturated carbocycles. The predicted molar refractivity (Wildman–Crippen MR) is 80.3 cm³/mol. The van der Waals surface area contributed by atoms with E-state index in [4.69, 9.17) is 0 Å². The van der Waals surface area contributed by atoms with Gasteiger partial charge in [-0.15, -0.1) is 5.10 Å². The number of rotatable bonds is 5. The standard InChI is InChI=1S/C13H16BrN5O/c1-9-5-10(3-4-12(9)14)16-13(20)8-19-7-11(6-15-2)17-18-19/h3-5,7,15H,6,8H2,1-2H3,(H,16,20). The molecule has 0 aliphatic rings. The molecule has 2 N–H and O–H groups in total. The Morgan fingerprint density at radius 1 is 1.45 bits per heavy atom. The van der Waals surface area contributed by atoms with Crippen molar-refractivity contribution in [3.63, 3.8) is 0 Å². The minimum atomic E-state index is -0.132. The SMILES string of the molecule is CNCc1cn(CC(=O)Nc2ccc(Br)c(C)c2)nn1. The number of hydrogen-bond acceptors (Lipinski definition) is 4. The summed E-state index contributed by atoms with van der Waals surface area (Å²) < 4.78 is 2.54. The lowest BCUT2D eigenvalue weighted by atomic mass is 10.2. The van der Waals surface area contributed by atoms with Crippen molar-refractivity contribution < 1.29 is 4.79 Å². The molecule has 2 aromatic rings. The number of hydrogen-bond donors (Lipinski definition) is 2. The van der Waals surface area contributed by atoms with E-state index in [0.717, 1.165) is 21.4 Å². The molecule has 2 rings (SSSR count). The molecule has 1 aromatic carbocycles. The molecule has 0 aliphatic heterocycles. The first-order valence-corrected chi connectivity index (χ1v) is 6.97. The second-order valence-electron chi connectivity index (χ2n) is 4.45. The van der Waals surface area contributed by atoms with Crippen molar-refractivity contribution in [2.45, 2.75) is 20.0 Å². The number of nitrogens with one attached hydrogen (secondary N) is 2. The van der Waals surface area contributed by atoms with Gasteiger partial charge in [-0.25, -0.2) is 4.68 Å². The maximum Gasteiger partial charge on any atom is 0.246 e. The van der Waals surface area contributed by atoms with Gasteiger partial charge in [0.05, 0.1) is 11.9 Å². The van der Waals surface area contributed by atoms with Crippen molar-refractivity contribution in [2.75, 3.05) is 12.4 Å². The number of amides is 1. The number of anilines is 1. The molecule has 0 spiro atoms. The van der Waals surface area contributed by atoms with E-state index in [1.165, 1.54) is 4.68 Å². The highest BCUT2D eigenvalue weighted by molar-refractivity contribution is 9.10. The van der Waals surface area contributed by atoms with E-state index in [2.05, 4.69) is 36.9 Å². The lowest BCUT2D eigenvalue weighted by molar-refractivity contribution is -0.116. The summed E-state index contributed by atoms with van der Waals surface area (Å²) in [5.74, 6) is -0.132. The summed E-state index contributed by atoms with van der Waals surface area (Å²) >= 11 is 3.43. The highest BCUT2D eigenvalue weighted by Gasteiger charge is 2.07. The third kappa shape index (κ3) is 3.88. The number of benzene rings is 1. The van der Waals surface area contributed by atoms with Gasteiger partial charge in [-0.2, -0.15) is 0 Å². The average molecular weight is 338 g/mol. The Morgan fingerprint density at radius 2 is 2.25 bits per heavy atom. The van der Waals surface area contributed by atoms with Gasteiger partial charge >= 0.3 is 0 Å². The number of nitrogens with zero attached hydrogens (tertiary/aromatic N) is 3. The zero-order valence-electron chi connectivity index (χ0n) is 11.4. The van der Waals surface area contributed by atoms with Gasteiger partial charge in [-0.05, 0) is 37.7 Å². The monoisotopic (exact) mass is 337 g/mol. The van der Waals surface area contributed by atoms with Crippen LogP contribution in [0.25, 0.3) is 0 Å². The molecule has 0 atom stereocenters. The smallest absolute Gasteiger partial charge is 0.246 e. The summed E-state index contributed by atoms with van der Waals surface area (Å²) in [5.41, 5.74) is 2.64. The second kappa shape index (κ2) is 6.62. The van der Waals surface area contributed by atoms with Crippen molar-refractivity contribution >= 4 is 27.5 Å². The van der Waals surface area contributed by atoms with Crippen LogP contribution in [0.5, 0.6) is 0 Å². The van der Waals surface area contributed by atoms with Gasteiger partial charge in [-0.3, -0.25) is 4.79 Å². The first kappa shape index (κ1) is 14.7. The molecule has 0 unspecified atom stereocenters. The molecule has 0 saturated heterocycles. The molecule has 0 bridgehead atoms. The lowest BCUT2D eigenvalue weighted by Gasteiger charge is -2.06. The van der Waals surface area contributed by atoms with Gasteiger partial charge in [-0.1, -0.05) is 21.1 Å². The van der Waals surface area contributed by atoms with Crippen LogP contribution >= 0.6 is 15.9 Å². The zero-order valence-corrected chi connectivity index (χ0v) is 12.9. The molecule has 0 radical (unpaired) electrons. The quantitative estimate of drug-likeness (QED) is 0.871. The summed E-state index contributed by atoms with van der Waals surface area (Å²) in [6, 6.07) is 5.67. The minimum Gasteiger partial charge on any atom is -0.324 e. The molecule has 1 heterocycles. The normalized spacial score (nSPS) is 10.6. The third-order valence-corrected chi connectivity index (χ3v) is 3.58. The highest BCUT2D eigenvalue weighted by atomic mass is 79.9. The van der Waals surface area contributed by atoms with Gasteiger partial charge in [0.2, 0.25) is 5.91 Å². The lowest BCUT2D eigenvalue weighted by Crippen LogP contribution is -2.19. The van der Waals surface area contributed by atoms with Crippen LogP contribution in [-0.2, 0) is 17.9 Å². The topological polar surface area (TPSA) is 71.8 Å². The Hall–Kier alpha value is -1.73. The summed E-state index contributed by atoms with van der Waals surface area (Å²) in [7, 11) is 1.83. The van der Waals surface area contributed by atoms with Gasteiger partial charge in [0.1, 0.15) is 6.54 Å². The van der Waals surface area contributed by atoms with E-state index in [0.29, 0.717) is 6.54 Å². The summed E-state index contributed by atoms with van der Waals surface area (Å²) in [5, 5.41) is 13.7. The van der Waals surface area contributed by atoms with Crippen molar-refractivity contribution in [3.8, 4) is 0 Å². The molecular weight excluding hydrogens is 322 g/mol. The van der Waals surface area contributed by atoms with Crippen LogP contribution < -0.4 is 10.6 Å². The number of carbonyl (C=O) groups excluding carboxylic acids is 1. The average Bonchev–Trinajstić information content (AvgIpc) is 2.81. The highest BCUT2D eigenvalue weighted by Crippen LogP contribution is 2.19. The minimum absolute atomic E-state index is 0.132. The second-order valence-corrected chi connectivity index (χ2v) is 5.30. The summed E-state index contributed by atoms with van der Waals surface area (Å²) in [6.45, 7) is 2.75. The molecular formula is C13H16BrN5O. The summed E-state index contributed by atoms with van der Waals surface area (Å²) in [4.78, 5) is 11.9. The molecule has 106 valence electrons. The Balaban J connectivity index is 1.95. The fourth-order valence-electron chi connectivity index (χ4n) is 1.75. The number of halogens is 1. The largest absolute Gasteiger partial charge is 0.324 e. The van der Waals surface area contributed by atoms with Crippen LogP contribution in [-0.4, -0.2) is 27.9 Å². The predicted octanol–water partition coefficient (Wildman–Crippen LogP) is 1.71. The third-order valence-electron chi connectivity index (χ3n) is 2.69. The van der Waals surface area contributed by atoms with Gasteiger partial charge in [0.15, 0.2) is 0 Å². The van der Waals surface area contributed by atoms with Crippen molar-refractivity contribution in [1.82, 2.24) is 20.3 Å². The molecule has 20 heavy (non-hydrogen) atoms. The fraction of sp³-hybridized carbons (Fsp3) is 0.308. The maximum absolute atomic E-state index is 11.9. The van der Waals surface area contributed by atoms with Crippen LogP contribution in [0.1, 0.15) is 11.3 Å². The van der Waals surface area contributed by atoms with E-state index in [1.54, 1.807) is 6.20 Å². The van der Waals surface area contributed by atoms with Crippen LogP contribution in [0.2, 0.25) is 0 Å². The van der Waals surface area contributed by atoms with Crippen LogP contribution in [0.15, 0.2) is 28.9 Å². The van der Waals surface area contributed by atoms with Crippen molar-refractivity contribution in [2.24, 2.45) is 0 Å². The van der Waals surface area contributed by atoms with E-state index < -0.39 is 0 Å². The Morgan fingerprint density at radius 3 is 2.95 bits per heavy atom. The van der Waals surface area contributed by atoms with Crippen molar-refractivity contribution in [1.29, 1.82) is 0 Å². The number of aryl methyl sites for hydroxylation is 1.